The van der Waals surface area contributed by atoms with Crippen molar-refractivity contribution in [3.8, 4) is 12.1 Å². The van der Waals surface area contributed by atoms with Crippen LogP contribution in [0.2, 0.25) is 0 Å². The average molecular weight is 525 g/mol. The molecular weight excluding hydrogens is 499 g/mol. The van der Waals surface area contributed by atoms with Gasteiger partial charge in [0.2, 0.25) is 0 Å². The number of rotatable bonds is 2. The maximum absolute atomic E-state index is 14.9. The minimum atomic E-state index is -2.22. The molecule has 0 unspecified atom stereocenters. The Bertz CT molecular complexity index is 1530. The quantitative estimate of drug-likeness (QED) is 0.466. The van der Waals surface area contributed by atoms with Gasteiger partial charge in [-0.1, -0.05) is 60.7 Å². The number of ether oxygens (including phenoxy) is 1. The molecule has 8 nitrogen and oxygen atoms in total. The van der Waals surface area contributed by atoms with Crippen LogP contribution >= 0.6 is 0 Å². The van der Waals surface area contributed by atoms with Crippen molar-refractivity contribution in [3.63, 3.8) is 0 Å². The summed E-state index contributed by atoms with van der Waals surface area (Å²) in [7, 11) is 0. The molecule has 2 amide bonds. The maximum atomic E-state index is 14.9. The van der Waals surface area contributed by atoms with E-state index >= 15 is 0 Å². The zero-order chi connectivity index (χ0) is 28.2. The summed E-state index contributed by atoms with van der Waals surface area (Å²) in [5.41, 5.74) is -4.52. The van der Waals surface area contributed by atoms with Gasteiger partial charge >= 0.3 is 6.09 Å². The van der Waals surface area contributed by atoms with Crippen LogP contribution in [0, 0.1) is 33.9 Å². The van der Waals surface area contributed by atoms with Gasteiger partial charge in [0.1, 0.15) is 11.4 Å². The smallest absolute Gasteiger partial charge is 0.421 e. The van der Waals surface area contributed by atoms with Crippen molar-refractivity contribution in [2.75, 3.05) is 4.90 Å². The predicted molar refractivity (Wildman–Crippen MR) is 137 cm³/mol. The normalized spacial score (nSPS) is 23.8. The number of benzene rings is 3. The number of nitriles is 2. The SMILES string of the molecule is CC(C)(C)OC(=O)N1C(=O)[C@]2(c3cc(F)ccc31)[C@H](c1ccccc1)C(C#N)(C#N)[C@@H](c1ccccc1)N2O. The Hall–Kier alpha value is -4.57. The second-order valence-corrected chi connectivity index (χ2v) is 10.6. The molecule has 2 heterocycles. The Kier molecular flexibility index (Phi) is 6.03. The van der Waals surface area contributed by atoms with Crippen LogP contribution in [0.15, 0.2) is 78.9 Å². The van der Waals surface area contributed by atoms with Gasteiger partial charge in [0, 0.05) is 5.56 Å². The first-order valence-electron chi connectivity index (χ1n) is 12.3. The molecule has 0 saturated carbocycles. The third kappa shape index (κ3) is 3.63. The molecule has 3 atom stereocenters. The first-order valence-corrected chi connectivity index (χ1v) is 12.3. The van der Waals surface area contributed by atoms with E-state index in [0.717, 1.165) is 17.0 Å². The fourth-order valence-electron chi connectivity index (χ4n) is 5.87. The molecule has 1 N–H and O–H groups in total. The van der Waals surface area contributed by atoms with Gasteiger partial charge in [0.05, 0.1) is 29.8 Å². The Balaban J connectivity index is 1.88. The van der Waals surface area contributed by atoms with Gasteiger partial charge in [0.25, 0.3) is 5.91 Å². The van der Waals surface area contributed by atoms with Crippen molar-refractivity contribution in [1.82, 2.24) is 5.06 Å². The summed E-state index contributed by atoms with van der Waals surface area (Å²) < 4.78 is 20.4. The molecular formula is C30H25FN4O4. The zero-order valence-electron chi connectivity index (χ0n) is 21.5. The highest BCUT2D eigenvalue weighted by atomic mass is 19.1. The number of fused-ring (bicyclic) bond motifs is 2. The van der Waals surface area contributed by atoms with E-state index < -0.39 is 46.3 Å². The van der Waals surface area contributed by atoms with Gasteiger partial charge in [-0.2, -0.15) is 15.6 Å². The fourth-order valence-corrected chi connectivity index (χ4v) is 5.87. The van der Waals surface area contributed by atoms with Crippen molar-refractivity contribution >= 4 is 17.7 Å². The second kappa shape index (κ2) is 9.02. The first kappa shape index (κ1) is 26.1. The standard InChI is InChI=1S/C30H25FN4O4/c1-28(2,3)39-27(37)34-23-15-14-21(31)16-22(23)30(26(34)36)24(19-10-6-4-7-11-19)29(17-32,18-33)25(35(30)38)20-12-8-5-9-13-20/h4-16,24-25,38H,1-3H3/t24-,25-,30+/m1/s1. The third-order valence-corrected chi connectivity index (χ3v) is 7.24. The fraction of sp³-hybridized carbons (Fsp3) is 0.267. The molecule has 39 heavy (non-hydrogen) atoms. The second-order valence-electron chi connectivity index (χ2n) is 10.6. The van der Waals surface area contributed by atoms with Crippen LogP contribution in [0.3, 0.4) is 0 Å². The monoisotopic (exact) mass is 524 g/mol. The van der Waals surface area contributed by atoms with Gasteiger partial charge in [-0.15, -0.1) is 0 Å². The van der Waals surface area contributed by atoms with E-state index in [0.29, 0.717) is 16.2 Å². The molecule has 1 spiro atoms. The predicted octanol–water partition coefficient (Wildman–Crippen LogP) is 5.57. The first-order chi connectivity index (χ1) is 18.5. The number of hydrogen-bond acceptors (Lipinski definition) is 7. The molecule has 2 aliphatic heterocycles. The molecule has 0 aliphatic carbocycles. The van der Waals surface area contributed by atoms with Crippen LogP contribution in [0.5, 0.6) is 0 Å². The van der Waals surface area contributed by atoms with Gasteiger partial charge < -0.3 is 9.94 Å². The molecule has 3 aromatic rings. The summed E-state index contributed by atoms with van der Waals surface area (Å²) >= 11 is 0. The molecule has 1 fully saturated rings. The van der Waals surface area contributed by atoms with Crippen LogP contribution in [-0.4, -0.2) is 27.9 Å². The third-order valence-electron chi connectivity index (χ3n) is 7.24. The van der Waals surface area contributed by atoms with E-state index in [1.165, 1.54) is 6.07 Å². The molecule has 3 aromatic carbocycles. The summed E-state index contributed by atoms with van der Waals surface area (Å²) in [6.07, 6.45) is -1.03. The van der Waals surface area contributed by atoms with E-state index in [2.05, 4.69) is 12.1 Å². The lowest BCUT2D eigenvalue weighted by Gasteiger charge is -2.36. The van der Waals surface area contributed by atoms with Crippen molar-refractivity contribution in [3.05, 3.63) is 101 Å². The maximum Gasteiger partial charge on any atom is 0.421 e. The summed E-state index contributed by atoms with van der Waals surface area (Å²) in [5, 5.41) is 34.1. The number of nitrogens with zero attached hydrogens (tertiary/aromatic N) is 4. The van der Waals surface area contributed by atoms with E-state index in [9.17, 15) is 29.7 Å². The summed E-state index contributed by atoms with van der Waals surface area (Å²) in [5.74, 6) is -3.02. The lowest BCUT2D eigenvalue weighted by atomic mass is 9.63. The van der Waals surface area contributed by atoms with Crippen molar-refractivity contribution in [2.24, 2.45) is 5.41 Å². The largest absolute Gasteiger partial charge is 0.443 e. The van der Waals surface area contributed by atoms with E-state index in [1.54, 1.807) is 81.4 Å². The number of anilines is 1. The van der Waals surface area contributed by atoms with E-state index in [-0.39, 0.29) is 11.3 Å². The molecule has 5 rings (SSSR count). The van der Waals surface area contributed by atoms with Crippen LogP contribution in [0.1, 0.15) is 49.4 Å². The highest BCUT2D eigenvalue weighted by Gasteiger charge is 2.76. The molecule has 2 aliphatic rings. The molecule has 0 aromatic heterocycles. The molecule has 0 bridgehead atoms. The van der Waals surface area contributed by atoms with Gasteiger partial charge in [-0.25, -0.2) is 14.1 Å². The van der Waals surface area contributed by atoms with E-state index in [4.69, 9.17) is 4.74 Å². The topological polar surface area (TPSA) is 118 Å². The van der Waals surface area contributed by atoms with Crippen molar-refractivity contribution in [2.45, 2.75) is 43.9 Å². The number of imide groups is 1. The summed E-state index contributed by atoms with van der Waals surface area (Å²) in [6, 6.07) is 23.0. The minimum absolute atomic E-state index is 0.00544. The van der Waals surface area contributed by atoms with Gasteiger partial charge in [-0.05, 0) is 50.1 Å². The number of carbonyl (C=O) groups excluding carboxylic acids is 2. The van der Waals surface area contributed by atoms with Gasteiger partial charge in [-0.3, -0.25) is 4.79 Å². The van der Waals surface area contributed by atoms with Crippen LogP contribution < -0.4 is 4.90 Å². The number of amides is 2. The lowest BCUT2D eigenvalue weighted by molar-refractivity contribution is -0.189. The van der Waals surface area contributed by atoms with Crippen LogP contribution in [0.25, 0.3) is 0 Å². The number of hydroxylamine groups is 2. The average Bonchev–Trinajstić information content (AvgIpc) is 3.30. The van der Waals surface area contributed by atoms with Crippen LogP contribution in [-0.2, 0) is 15.1 Å². The lowest BCUT2D eigenvalue weighted by Crippen LogP contribution is -2.53. The molecule has 1 saturated heterocycles. The Morgan fingerprint density at radius 2 is 1.54 bits per heavy atom. The minimum Gasteiger partial charge on any atom is -0.443 e. The zero-order valence-corrected chi connectivity index (χ0v) is 21.5. The van der Waals surface area contributed by atoms with Crippen molar-refractivity contribution in [1.29, 1.82) is 10.5 Å². The summed E-state index contributed by atoms with van der Waals surface area (Å²) in [4.78, 5) is 28.8. The van der Waals surface area contributed by atoms with Gasteiger partial charge in [0.15, 0.2) is 11.0 Å². The molecule has 196 valence electrons. The molecule has 0 radical (unpaired) electrons. The highest BCUT2D eigenvalue weighted by molar-refractivity contribution is 6.21. The number of halogens is 1. The number of carbonyl (C=O) groups is 2. The Morgan fingerprint density at radius 1 is 0.974 bits per heavy atom. The highest BCUT2D eigenvalue weighted by Crippen LogP contribution is 2.68. The summed E-state index contributed by atoms with van der Waals surface area (Å²) in [6.45, 7) is 4.90. The van der Waals surface area contributed by atoms with Crippen LogP contribution in [0.4, 0.5) is 14.9 Å². The van der Waals surface area contributed by atoms with E-state index in [1.807, 2.05) is 0 Å². The molecule has 9 heteroatoms. The Labute approximate surface area is 225 Å². The number of hydrogen-bond donors (Lipinski definition) is 1. The Morgan fingerprint density at radius 3 is 2.08 bits per heavy atom. The van der Waals surface area contributed by atoms with Crippen molar-refractivity contribution < 1.29 is 23.9 Å².